The smallest absolute Gasteiger partial charge is 0.293 e. The summed E-state index contributed by atoms with van der Waals surface area (Å²) in [5.41, 5.74) is 2.81. The van der Waals surface area contributed by atoms with Gasteiger partial charge in [0.2, 0.25) is 5.88 Å². The van der Waals surface area contributed by atoms with Gasteiger partial charge in [0.05, 0.1) is 31.3 Å². The number of ether oxygens (including phenoxy) is 2. The van der Waals surface area contributed by atoms with Crippen molar-refractivity contribution in [3.63, 3.8) is 0 Å². The third-order valence-electron chi connectivity index (χ3n) is 7.30. The van der Waals surface area contributed by atoms with Crippen LogP contribution in [-0.2, 0) is 9.53 Å². The Morgan fingerprint density at radius 1 is 1.23 bits per heavy atom. The Balaban J connectivity index is 0.000000527. The third-order valence-corrected chi connectivity index (χ3v) is 7.30. The van der Waals surface area contributed by atoms with E-state index < -0.39 is 0 Å². The Hall–Kier alpha value is -2.78. The van der Waals surface area contributed by atoms with Gasteiger partial charge in [-0.3, -0.25) is 9.69 Å². The van der Waals surface area contributed by atoms with Gasteiger partial charge in [0.15, 0.2) is 0 Å². The minimum Gasteiger partial charge on any atom is -0.481 e. The molecule has 9 heteroatoms. The molecular weight excluding hydrogens is 449 g/mol. The first-order valence-corrected chi connectivity index (χ1v) is 12.4. The summed E-state index contributed by atoms with van der Waals surface area (Å²) in [5, 5.41) is 0. The van der Waals surface area contributed by atoms with E-state index in [1.54, 1.807) is 26.2 Å². The molecule has 1 atom stereocenters. The summed E-state index contributed by atoms with van der Waals surface area (Å²) in [4.78, 5) is 25.4. The molecule has 2 saturated heterocycles. The number of carbonyl (C=O) groups is 1. The Morgan fingerprint density at radius 3 is 2.63 bits per heavy atom. The van der Waals surface area contributed by atoms with Gasteiger partial charge in [0.25, 0.3) is 6.47 Å². The molecule has 8 nitrogen and oxygen atoms in total. The maximum atomic E-state index is 14.1. The summed E-state index contributed by atoms with van der Waals surface area (Å²) in [6.45, 7) is 8.97. The molecule has 2 aliphatic heterocycles. The van der Waals surface area contributed by atoms with E-state index in [4.69, 9.17) is 4.74 Å². The molecular formula is C26H36FN5O3. The highest BCUT2D eigenvalue weighted by Crippen LogP contribution is 2.46. The number of hydrogen-bond acceptors (Lipinski definition) is 8. The van der Waals surface area contributed by atoms with Crippen LogP contribution in [0.2, 0.25) is 0 Å². The predicted molar refractivity (Wildman–Crippen MR) is 133 cm³/mol. The maximum Gasteiger partial charge on any atom is 0.293 e. The van der Waals surface area contributed by atoms with Crippen molar-refractivity contribution in [3.05, 3.63) is 36.3 Å². The maximum absolute atomic E-state index is 14.1. The number of piperazine rings is 1. The summed E-state index contributed by atoms with van der Waals surface area (Å²) >= 11 is 0. The molecule has 3 aliphatic rings. The number of halogens is 1. The third kappa shape index (κ3) is 5.90. The number of rotatable bonds is 6. The van der Waals surface area contributed by atoms with E-state index in [0.717, 1.165) is 31.9 Å². The summed E-state index contributed by atoms with van der Waals surface area (Å²) in [5.74, 6) is 0.220. The van der Waals surface area contributed by atoms with Gasteiger partial charge < -0.3 is 19.3 Å². The molecule has 4 heterocycles. The number of nitrogens with zero attached hydrogens (tertiary/aromatic N) is 5. The molecule has 0 amide bonds. The van der Waals surface area contributed by atoms with Crippen LogP contribution in [0.15, 0.2) is 30.5 Å². The van der Waals surface area contributed by atoms with Crippen molar-refractivity contribution in [2.75, 3.05) is 64.9 Å². The van der Waals surface area contributed by atoms with Crippen LogP contribution in [-0.4, -0.2) is 92.3 Å². The SMILES string of the molecule is CCOC=O.COc1cccc(-c2ncc(F)cc2N2CCN(C3CCC4(C3)CN(C)C4)CC2)n1. The van der Waals surface area contributed by atoms with Crippen LogP contribution < -0.4 is 9.64 Å². The van der Waals surface area contributed by atoms with Crippen molar-refractivity contribution in [2.24, 2.45) is 5.41 Å². The molecule has 2 aromatic rings. The Morgan fingerprint density at radius 2 is 2.00 bits per heavy atom. The lowest BCUT2D eigenvalue weighted by Crippen LogP contribution is -2.54. The monoisotopic (exact) mass is 485 g/mol. The minimum atomic E-state index is -0.314. The topological polar surface area (TPSA) is 71.0 Å². The van der Waals surface area contributed by atoms with E-state index in [9.17, 15) is 9.18 Å². The average Bonchev–Trinajstić information content (AvgIpc) is 3.30. The quantitative estimate of drug-likeness (QED) is 0.579. The first-order valence-electron chi connectivity index (χ1n) is 12.4. The molecule has 1 saturated carbocycles. The number of pyridine rings is 2. The molecule has 0 aromatic carbocycles. The van der Waals surface area contributed by atoms with E-state index in [0.29, 0.717) is 41.8 Å². The van der Waals surface area contributed by atoms with Gasteiger partial charge in [-0.1, -0.05) is 6.07 Å². The van der Waals surface area contributed by atoms with Crippen LogP contribution in [0, 0.1) is 11.2 Å². The van der Waals surface area contributed by atoms with Gasteiger partial charge >= 0.3 is 0 Å². The molecule has 0 radical (unpaired) electrons. The highest BCUT2D eigenvalue weighted by Gasteiger charge is 2.48. The molecule has 35 heavy (non-hydrogen) atoms. The highest BCUT2D eigenvalue weighted by atomic mass is 19.1. The van der Waals surface area contributed by atoms with Crippen molar-refractivity contribution in [2.45, 2.75) is 32.2 Å². The molecule has 3 fully saturated rings. The lowest BCUT2D eigenvalue weighted by Gasteiger charge is -2.47. The van der Waals surface area contributed by atoms with E-state index in [1.165, 1.54) is 38.5 Å². The fourth-order valence-electron chi connectivity index (χ4n) is 5.80. The summed E-state index contributed by atoms with van der Waals surface area (Å²) in [7, 11) is 3.82. The van der Waals surface area contributed by atoms with Gasteiger partial charge in [-0.2, -0.15) is 0 Å². The van der Waals surface area contributed by atoms with Crippen molar-refractivity contribution in [3.8, 4) is 17.3 Å². The summed E-state index contributed by atoms with van der Waals surface area (Å²) < 4.78 is 23.5. The van der Waals surface area contributed by atoms with E-state index >= 15 is 0 Å². The fraction of sp³-hybridized carbons (Fsp3) is 0.577. The van der Waals surface area contributed by atoms with E-state index in [2.05, 4.69) is 36.5 Å². The van der Waals surface area contributed by atoms with Gasteiger partial charge in [-0.25, -0.2) is 14.4 Å². The number of aromatic nitrogens is 2. The normalized spacial score (nSPS) is 21.7. The molecule has 5 rings (SSSR count). The lowest BCUT2D eigenvalue weighted by molar-refractivity contribution is -0.128. The molecule has 2 aromatic heterocycles. The first kappa shape index (κ1) is 25.3. The molecule has 190 valence electrons. The minimum absolute atomic E-state index is 0.314. The number of methoxy groups -OCH3 is 1. The zero-order chi connectivity index (χ0) is 24.8. The molecule has 0 bridgehead atoms. The summed E-state index contributed by atoms with van der Waals surface area (Å²) in [6.07, 6.45) is 5.28. The van der Waals surface area contributed by atoms with Crippen LogP contribution in [0.25, 0.3) is 11.4 Å². The van der Waals surface area contributed by atoms with Crippen LogP contribution in [0.3, 0.4) is 0 Å². The molecule has 1 unspecified atom stereocenters. The predicted octanol–water partition coefficient (Wildman–Crippen LogP) is 3.08. The second-order valence-corrected chi connectivity index (χ2v) is 9.73. The van der Waals surface area contributed by atoms with Crippen LogP contribution in [0.4, 0.5) is 10.1 Å². The van der Waals surface area contributed by atoms with Crippen molar-refractivity contribution in [1.82, 2.24) is 19.8 Å². The van der Waals surface area contributed by atoms with Crippen molar-refractivity contribution in [1.29, 1.82) is 0 Å². The molecule has 1 aliphatic carbocycles. The van der Waals surface area contributed by atoms with Crippen molar-refractivity contribution < 1.29 is 18.7 Å². The first-order chi connectivity index (χ1) is 17.0. The lowest BCUT2D eigenvalue weighted by atomic mass is 9.78. The molecule has 0 N–H and O–H groups in total. The largest absolute Gasteiger partial charge is 0.481 e. The zero-order valence-electron chi connectivity index (χ0n) is 21.0. The highest BCUT2D eigenvalue weighted by molar-refractivity contribution is 5.73. The zero-order valence-corrected chi connectivity index (χ0v) is 21.0. The average molecular weight is 486 g/mol. The van der Waals surface area contributed by atoms with E-state index in [1.807, 2.05) is 12.1 Å². The standard InChI is InChI=1S/C23H30FN5O.C3H6O2/c1-27-15-23(16-27)7-6-18(13-23)28-8-10-29(11-9-28)20-12-17(24)14-25-22(20)19-4-3-5-21(26-19)30-2;1-2-5-3-4/h3-5,12,14,18H,6-11,13,15-16H2,1-2H3;3H,2H2,1H3. The van der Waals surface area contributed by atoms with Gasteiger partial charge in [-0.05, 0) is 44.7 Å². The second kappa shape index (κ2) is 11.3. The number of hydrogen-bond donors (Lipinski definition) is 0. The number of carbonyl (C=O) groups excluding carboxylic acids is 1. The Kier molecular flexibility index (Phi) is 8.18. The van der Waals surface area contributed by atoms with E-state index in [-0.39, 0.29) is 5.82 Å². The molecule has 1 spiro atoms. The number of anilines is 1. The number of likely N-dealkylation sites (tertiary alicyclic amines) is 1. The van der Waals surface area contributed by atoms with Gasteiger partial charge in [0, 0.05) is 57.4 Å². The van der Waals surface area contributed by atoms with Gasteiger partial charge in [-0.15, -0.1) is 0 Å². The van der Waals surface area contributed by atoms with Crippen LogP contribution >= 0.6 is 0 Å². The Bertz CT molecular complexity index is 993. The summed E-state index contributed by atoms with van der Waals surface area (Å²) in [6, 6.07) is 7.89. The van der Waals surface area contributed by atoms with Gasteiger partial charge in [0.1, 0.15) is 11.5 Å². The van der Waals surface area contributed by atoms with Crippen molar-refractivity contribution >= 4 is 12.2 Å². The second-order valence-electron chi connectivity index (χ2n) is 9.73. The fourth-order valence-corrected chi connectivity index (χ4v) is 5.80. The van der Waals surface area contributed by atoms with Crippen LogP contribution in [0.5, 0.6) is 5.88 Å². The Labute approximate surface area is 207 Å². The van der Waals surface area contributed by atoms with Crippen LogP contribution in [0.1, 0.15) is 26.2 Å².